The summed E-state index contributed by atoms with van der Waals surface area (Å²) in [7, 11) is -0.926. The van der Waals surface area contributed by atoms with Gasteiger partial charge < -0.3 is 14.8 Å². The van der Waals surface area contributed by atoms with Crippen LogP contribution >= 0.6 is 11.6 Å². The molecule has 0 aliphatic carbocycles. The molecule has 3 aromatic carbocycles. The maximum atomic E-state index is 12.9. The summed E-state index contributed by atoms with van der Waals surface area (Å²) in [6.07, 6.45) is 0. The number of nitrogens with one attached hydrogen (secondary N) is 2. The van der Waals surface area contributed by atoms with Crippen molar-refractivity contribution in [1.29, 1.82) is 0 Å². The highest BCUT2D eigenvalue weighted by molar-refractivity contribution is 7.92. The number of carbonyl (C=O) groups excluding carboxylic acids is 1. The van der Waals surface area contributed by atoms with Gasteiger partial charge in [0.1, 0.15) is 16.4 Å². The lowest BCUT2D eigenvalue weighted by Gasteiger charge is -2.18. The molecule has 0 heterocycles. The first-order valence-corrected chi connectivity index (χ1v) is 11.9. The number of methoxy groups -OCH3 is 2. The van der Waals surface area contributed by atoms with Crippen LogP contribution in [0.4, 0.5) is 5.69 Å². The van der Waals surface area contributed by atoms with Crippen LogP contribution in [0.25, 0.3) is 0 Å². The lowest BCUT2D eigenvalue weighted by molar-refractivity contribution is 0.0939. The molecule has 9 heteroatoms. The van der Waals surface area contributed by atoms with Crippen LogP contribution in [0.15, 0.2) is 65.6 Å². The molecule has 0 aliphatic rings. The van der Waals surface area contributed by atoms with Crippen molar-refractivity contribution in [3.05, 3.63) is 82.4 Å². The van der Waals surface area contributed by atoms with Crippen molar-refractivity contribution in [3.8, 4) is 11.5 Å². The number of rotatable bonds is 8. The SMILES string of the molecule is COc1ccc(OC)c(C(C)NC(=O)c2ccc(Cl)c(S(=O)(=O)Nc3cccc(C)c3)c2)c1. The number of amides is 1. The van der Waals surface area contributed by atoms with Gasteiger partial charge in [0.05, 0.1) is 25.3 Å². The molecule has 3 aromatic rings. The number of aryl methyl sites for hydroxylation is 1. The van der Waals surface area contributed by atoms with Crippen molar-refractivity contribution < 1.29 is 22.7 Å². The van der Waals surface area contributed by atoms with Crippen molar-refractivity contribution in [1.82, 2.24) is 5.32 Å². The summed E-state index contributed by atoms with van der Waals surface area (Å²) in [4.78, 5) is 12.7. The Balaban J connectivity index is 1.86. The zero-order valence-electron chi connectivity index (χ0n) is 18.7. The van der Waals surface area contributed by atoms with Crippen LogP contribution in [0.3, 0.4) is 0 Å². The molecule has 0 radical (unpaired) electrons. The van der Waals surface area contributed by atoms with Crippen molar-refractivity contribution >= 4 is 33.2 Å². The van der Waals surface area contributed by atoms with Crippen LogP contribution in [0.2, 0.25) is 5.02 Å². The van der Waals surface area contributed by atoms with Gasteiger partial charge in [-0.2, -0.15) is 0 Å². The monoisotopic (exact) mass is 488 g/mol. The highest BCUT2D eigenvalue weighted by Crippen LogP contribution is 2.30. The average Bonchev–Trinajstić information content (AvgIpc) is 2.78. The largest absolute Gasteiger partial charge is 0.497 e. The first-order valence-electron chi connectivity index (χ1n) is 10.1. The number of carbonyl (C=O) groups is 1. The molecule has 0 saturated heterocycles. The predicted molar refractivity (Wildman–Crippen MR) is 129 cm³/mol. The van der Waals surface area contributed by atoms with E-state index in [1.807, 2.05) is 13.0 Å². The number of sulfonamides is 1. The lowest BCUT2D eigenvalue weighted by atomic mass is 10.1. The zero-order valence-corrected chi connectivity index (χ0v) is 20.3. The van der Waals surface area contributed by atoms with Gasteiger partial charge in [0.2, 0.25) is 0 Å². The van der Waals surface area contributed by atoms with Gasteiger partial charge in [0, 0.05) is 16.8 Å². The van der Waals surface area contributed by atoms with E-state index in [-0.39, 0.29) is 15.5 Å². The summed E-state index contributed by atoms with van der Waals surface area (Å²) in [5.41, 5.74) is 2.17. The van der Waals surface area contributed by atoms with E-state index in [9.17, 15) is 13.2 Å². The highest BCUT2D eigenvalue weighted by Gasteiger charge is 2.22. The lowest BCUT2D eigenvalue weighted by Crippen LogP contribution is -2.27. The van der Waals surface area contributed by atoms with Gasteiger partial charge in [-0.15, -0.1) is 0 Å². The van der Waals surface area contributed by atoms with Crippen LogP contribution in [0.5, 0.6) is 11.5 Å². The second-order valence-electron chi connectivity index (χ2n) is 7.42. The zero-order chi connectivity index (χ0) is 24.2. The van der Waals surface area contributed by atoms with Gasteiger partial charge in [0.25, 0.3) is 15.9 Å². The molecule has 7 nitrogen and oxygen atoms in total. The third-order valence-corrected chi connectivity index (χ3v) is 6.87. The van der Waals surface area contributed by atoms with Crippen molar-refractivity contribution in [2.75, 3.05) is 18.9 Å². The molecule has 0 bridgehead atoms. The third-order valence-electron chi connectivity index (χ3n) is 5.00. The van der Waals surface area contributed by atoms with E-state index in [4.69, 9.17) is 21.1 Å². The Labute approximate surface area is 198 Å². The summed E-state index contributed by atoms with van der Waals surface area (Å²) in [6, 6.07) is 15.9. The molecule has 0 fully saturated rings. The van der Waals surface area contributed by atoms with Crippen molar-refractivity contribution in [2.45, 2.75) is 24.8 Å². The van der Waals surface area contributed by atoms with Crippen LogP contribution < -0.4 is 19.5 Å². The van der Waals surface area contributed by atoms with E-state index in [0.29, 0.717) is 22.7 Å². The number of ether oxygens (including phenoxy) is 2. The molecule has 33 heavy (non-hydrogen) atoms. The maximum absolute atomic E-state index is 12.9. The Hall–Kier alpha value is -3.23. The summed E-state index contributed by atoms with van der Waals surface area (Å²) < 4.78 is 39.0. The van der Waals surface area contributed by atoms with E-state index in [2.05, 4.69) is 10.0 Å². The van der Waals surface area contributed by atoms with Crippen LogP contribution in [0.1, 0.15) is 34.5 Å². The first kappa shape index (κ1) is 24.4. The standard InChI is InChI=1S/C24H25ClN2O5S/c1-15-6-5-7-18(12-15)27-33(29,30)23-13-17(8-10-21(23)25)24(28)26-16(2)20-14-19(31-3)9-11-22(20)32-4/h5-14,16,27H,1-4H3,(H,26,28). The molecule has 0 aromatic heterocycles. The van der Waals surface area contributed by atoms with Gasteiger partial charge in [-0.1, -0.05) is 23.7 Å². The Morgan fingerprint density at radius 2 is 1.76 bits per heavy atom. The van der Waals surface area contributed by atoms with E-state index >= 15 is 0 Å². The molecule has 1 unspecified atom stereocenters. The second kappa shape index (κ2) is 10.1. The molecule has 174 valence electrons. The number of hydrogen-bond donors (Lipinski definition) is 2. The molecule has 0 spiro atoms. The molecule has 0 saturated carbocycles. The summed E-state index contributed by atoms with van der Waals surface area (Å²) >= 11 is 6.18. The topological polar surface area (TPSA) is 93.7 Å². The predicted octanol–water partition coefficient (Wildman–Crippen LogP) is 4.96. The van der Waals surface area contributed by atoms with Crippen LogP contribution in [-0.2, 0) is 10.0 Å². The quantitative estimate of drug-likeness (QED) is 0.467. The normalized spacial score (nSPS) is 12.0. The number of hydrogen-bond acceptors (Lipinski definition) is 5. The molecule has 1 atom stereocenters. The molecular formula is C24H25ClN2O5S. The molecule has 1 amide bonds. The van der Waals surface area contributed by atoms with Gasteiger partial charge in [0.15, 0.2) is 0 Å². The Kier molecular flexibility index (Phi) is 7.50. The van der Waals surface area contributed by atoms with E-state index in [1.54, 1.807) is 50.4 Å². The number of benzene rings is 3. The smallest absolute Gasteiger partial charge is 0.263 e. The van der Waals surface area contributed by atoms with E-state index in [1.165, 1.54) is 25.3 Å². The maximum Gasteiger partial charge on any atom is 0.263 e. The van der Waals surface area contributed by atoms with E-state index in [0.717, 1.165) is 5.56 Å². The average molecular weight is 489 g/mol. The third kappa shape index (κ3) is 5.77. The minimum atomic E-state index is -4.02. The van der Waals surface area contributed by atoms with Crippen LogP contribution in [-0.4, -0.2) is 28.5 Å². The second-order valence-corrected chi connectivity index (χ2v) is 9.48. The number of anilines is 1. The Bertz CT molecular complexity index is 1280. The van der Waals surface area contributed by atoms with Gasteiger partial charge in [-0.3, -0.25) is 9.52 Å². The summed E-state index contributed by atoms with van der Waals surface area (Å²) in [6.45, 7) is 3.65. The minimum absolute atomic E-state index is 0.00853. The van der Waals surface area contributed by atoms with Gasteiger partial charge in [-0.05, 0) is 67.9 Å². The molecule has 3 rings (SSSR count). The van der Waals surface area contributed by atoms with Crippen molar-refractivity contribution in [3.63, 3.8) is 0 Å². The molecule has 0 aliphatic heterocycles. The van der Waals surface area contributed by atoms with Crippen LogP contribution in [0, 0.1) is 6.92 Å². The Morgan fingerprint density at radius 1 is 1.00 bits per heavy atom. The van der Waals surface area contributed by atoms with Crippen molar-refractivity contribution in [2.24, 2.45) is 0 Å². The Morgan fingerprint density at radius 3 is 2.42 bits per heavy atom. The van der Waals surface area contributed by atoms with Gasteiger partial charge in [-0.25, -0.2) is 8.42 Å². The fourth-order valence-electron chi connectivity index (χ4n) is 3.30. The molecule has 2 N–H and O–H groups in total. The first-order chi connectivity index (χ1) is 15.6. The summed E-state index contributed by atoms with van der Waals surface area (Å²) in [5.74, 6) is 0.746. The minimum Gasteiger partial charge on any atom is -0.497 e. The number of halogens is 1. The molecular weight excluding hydrogens is 464 g/mol. The fourth-order valence-corrected chi connectivity index (χ4v) is 4.88. The highest BCUT2D eigenvalue weighted by atomic mass is 35.5. The van der Waals surface area contributed by atoms with E-state index < -0.39 is 22.0 Å². The summed E-state index contributed by atoms with van der Waals surface area (Å²) in [5, 5.41) is 2.87. The fraction of sp³-hybridized carbons (Fsp3) is 0.208. The van der Waals surface area contributed by atoms with Gasteiger partial charge >= 0.3 is 0 Å².